The highest BCUT2D eigenvalue weighted by atomic mass is 16.7. The molecule has 28 heavy (non-hydrogen) atoms. The molecule has 0 radical (unpaired) electrons. The minimum absolute atomic E-state index is 0.265. The van der Waals surface area contributed by atoms with Crippen LogP contribution < -0.4 is 4.90 Å². The Bertz CT molecular complexity index is 762. The second-order valence-corrected chi connectivity index (χ2v) is 7.11. The third kappa shape index (κ3) is 4.26. The van der Waals surface area contributed by atoms with Gasteiger partial charge in [0.25, 0.3) is 0 Å². The van der Waals surface area contributed by atoms with Crippen molar-refractivity contribution in [3.05, 3.63) is 73.1 Å². The predicted octanol–water partition coefficient (Wildman–Crippen LogP) is 4.90. The second-order valence-electron chi connectivity index (χ2n) is 7.11. The third-order valence-corrected chi connectivity index (χ3v) is 5.26. The summed E-state index contributed by atoms with van der Waals surface area (Å²) in [6.07, 6.45) is 8.23. The van der Waals surface area contributed by atoms with Gasteiger partial charge in [0.15, 0.2) is 6.23 Å². The minimum atomic E-state index is -0.312. The largest absolute Gasteiger partial charge is 0.347 e. The molecule has 4 rings (SSSR count). The molecule has 0 N–H and O–H groups in total. The quantitative estimate of drug-likeness (QED) is 0.688. The normalized spacial score (nSPS) is 19.7. The summed E-state index contributed by atoms with van der Waals surface area (Å²) in [5, 5.41) is 1.76. The number of anilines is 2. The number of hydrogen-bond acceptors (Lipinski definition) is 5. The Morgan fingerprint density at radius 3 is 2.14 bits per heavy atom. The van der Waals surface area contributed by atoms with E-state index in [4.69, 9.17) is 9.57 Å². The molecule has 1 atom stereocenters. The fraction of sp³-hybridized carbons (Fsp3) is 0.348. The number of rotatable bonds is 7. The van der Waals surface area contributed by atoms with Crippen molar-refractivity contribution < 1.29 is 9.57 Å². The summed E-state index contributed by atoms with van der Waals surface area (Å²) >= 11 is 0. The molecule has 146 valence electrons. The maximum Gasteiger partial charge on any atom is 0.194 e. The van der Waals surface area contributed by atoms with Gasteiger partial charge in [0, 0.05) is 23.8 Å². The van der Waals surface area contributed by atoms with Crippen LogP contribution in [0.3, 0.4) is 0 Å². The molecule has 5 heteroatoms. The highest BCUT2D eigenvalue weighted by molar-refractivity contribution is 5.95. The van der Waals surface area contributed by atoms with Crippen molar-refractivity contribution in [2.75, 3.05) is 18.6 Å². The molecule has 0 saturated heterocycles. The number of hydroxylamine groups is 2. The van der Waals surface area contributed by atoms with E-state index >= 15 is 0 Å². The molecule has 0 amide bonds. The average molecular weight is 377 g/mol. The highest BCUT2D eigenvalue weighted by Gasteiger charge is 2.31. The zero-order valence-corrected chi connectivity index (χ0v) is 16.3. The topological polar surface area (TPSA) is 37.3 Å². The van der Waals surface area contributed by atoms with Crippen LogP contribution >= 0.6 is 0 Å². The maximum atomic E-state index is 6.43. The van der Waals surface area contributed by atoms with Crippen LogP contribution in [0.25, 0.3) is 0 Å². The molecule has 1 unspecified atom stereocenters. The molecule has 0 aromatic heterocycles. The van der Waals surface area contributed by atoms with Crippen LogP contribution in [0.15, 0.2) is 78.1 Å². The predicted molar refractivity (Wildman–Crippen MR) is 112 cm³/mol. The molecule has 1 heterocycles. The van der Waals surface area contributed by atoms with E-state index in [0.29, 0.717) is 6.54 Å². The van der Waals surface area contributed by atoms with Crippen molar-refractivity contribution in [3.8, 4) is 0 Å². The molecule has 0 bridgehead atoms. The lowest BCUT2D eigenvalue weighted by atomic mass is 10.2. The van der Waals surface area contributed by atoms with Gasteiger partial charge in [0.1, 0.15) is 0 Å². The van der Waals surface area contributed by atoms with Gasteiger partial charge in [-0.2, -0.15) is 0 Å². The Kier molecular flexibility index (Phi) is 6.04. The van der Waals surface area contributed by atoms with E-state index in [-0.39, 0.29) is 12.3 Å². The van der Waals surface area contributed by atoms with Crippen molar-refractivity contribution >= 4 is 17.1 Å². The SMILES string of the molecule is CON1C=CN=C(CN(c2ccccc2)c2ccccc2)C1OC1CCCC1. The van der Waals surface area contributed by atoms with Gasteiger partial charge in [-0.1, -0.05) is 49.2 Å². The van der Waals surface area contributed by atoms with Crippen molar-refractivity contribution in [1.29, 1.82) is 0 Å². The van der Waals surface area contributed by atoms with E-state index in [0.717, 1.165) is 29.9 Å². The number of para-hydroxylation sites is 2. The minimum Gasteiger partial charge on any atom is -0.347 e. The number of ether oxygens (including phenoxy) is 1. The van der Waals surface area contributed by atoms with E-state index < -0.39 is 0 Å². The molecule has 1 saturated carbocycles. The number of benzene rings is 2. The molecule has 2 aliphatic rings. The summed E-state index contributed by atoms with van der Waals surface area (Å²) in [5.74, 6) is 0. The van der Waals surface area contributed by atoms with Crippen molar-refractivity contribution in [2.24, 2.45) is 4.99 Å². The molecule has 5 nitrogen and oxygen atoms in total. The van der Waals surface area contributed by atoms with E-state index in [1.165, 1.54) is 12.8 Å². The van der Waals surface area contributed by atoms with Crippen molar-refractivity contribution in [3.63, 3.8) is 0 Å². The van der Waals surface area contributed by atoms with Gasteiger partial charge in [-0.25, -0.2) is 5.06 Å². The van der Waals surface area contributed by atoms with Crippen LogP contribution in [0, 0.1) is 0 Å². The fourth-order valence-corrected chi connectivity index (χ4v) is 3.81. The van der Waals surface area contributed by atoms with Crippen molar-refractivity contribution in [1.82, 2.24) is 5.06 Å². The zero-order chi connectivity index (χ0) is 19.2. The molecule has 2 aromatic rings. The molecular formula is C23H27N3O2. The van der Waals surface area contributed by atoms with E-state index in [2.05, 4.69) is 58.4 Å². The van der Waals surface area contributed by atoms with Crippen LogP contribution in [0.1, 0.15) is 25.7 Å². The van der Waals surface area contributed by atoms with E-state index in [1.54, 1.807) is 18.4 Å². The molecule has 1 fully saturated rings. The Balaban J connectivity index is 1.62. The Labute approximate surface area is 166 Å². The van der Waals surface area contributed by atoms with Gasteiger partial charge in [0.2, 0.25) is 0 Å². The van der Waals surface area contributed by atoms with Crippen LogP contribution in [-0.4, -0.2) is 36.8 Å². The van der Waals surface area contributed by atoms with Gasteiger partial charge >= 0.3 is 0 Å². The summed E-state index contributed by atoms with van der Waals surface area (Å²) in [4.78, 5) is 12.5. The first kappa shape index (κ1) is 18.7. The van der Waals surface area contributed by atoms with Crippen molar-refractivity contribution in [2.45, 2.75) is 38.0 Å². The first-order chi connectivity index (χ1) is 13.8. The first-order valence-electron chi connectivity index (χ1n) is 9.94. The van der Waals surface area contributed by atoms with Gasteiger partial charge in [-0.05, 0) is 37.1 Å². The first-order valence-corrected chi connectivity index (χ1v) is 9.94. The van der Waals surface area contributed by atoms with Crippen LogP contribution in [-0.2, 0) is 9.57 Å². The van der Waals surface area contributed by atoms with Crippen LogP contribution in [0.5, 0.6) is 0 Å². The summed E-state index contributed by atoms with van der Waals surface area (Å²) in [5.41, 5.74) is 3.17. The zero-order valence-electron chi connectivity index (χ0n) is 16.3. The summed E-state index contributed by atoms with van der Waals surface area (Å²) in [6.45, 7) is 0.621. The van der Waals surface area contributed by atoms with E-state index in [9.17, 15) is 0 Å². The Hall–Kier alpha value is -2.63. The lowest BCUT2D eigenvalue weighted by Gasteiger charge is -2.35. The van der Waals surface area contributed by atoms with Gasteiger partial charge < -0.3 is 9.64 Å². The summed E-state index contributed by atoms with van der Waals surface area (Å²) in [7, 11) is 1.67. The molecule has 1 aliphatic heterocycles. The van der Waals surface area contributed by atoms with Crippen LogP contribution in [0.4, 0.5) is 11.4 Å². The summed E-state index contributed by atoms with van der Waals surface area (Å²) in [6, 6.07) is 20.8. The third-order valence-electron chi connectivity index (χ3n) is 5.26. The monoisotopic (exact) mass is 377 g/mol. The molecule has 2 aromatic carbocycles. The summed E-state index contributed by atoms with van der Waals surface area (Å²) < 4.78 is 6.43. The standard InChI is InChI=1S/C23H27N3O2/c1-27-26-17-16-24-22(23(26)28-21-14-8-9-15-21)18-25(19-10-4-2-5-11-19)20-12-6-3-7-13-20/h2-7,10-13,16-17,21,23H,8-9,14-15,18H2,1H3. The Morgan fingerprint density at radius 2 is 1.57 bits per heavy atom. The van der Waals surface area contributed by atoms with Crippen LogP contribution in [0.2, 0.25) is 0 Å². The molecule has 0 spiro atoms. The highest BCUT2D eigenvalue weighted by Crippen LogP contribution is 2.28. The molecular weight excluding hydrogens is 350 g/mol. The Morgan fingerprint density at radius 1 is 0.964 bits per heavy atom. The van der Waals surface area contributed by atoms with Gasteiger partial charge in [-0.15, -0.1) is 0 Å². The number of aliphatic imine (C=N–C) groups is 1. The lowest BCUT2D eigenvalue weighted by Crippen LogP contribution is -2.46. The van der Waals surface area contributed by atoms with Gasteiger partial charge in [-0.3, -0.25) is 9.83 Å². The average Bonchev–Trinajstić information content (AvgIpc) is 3.27. The number of nitrogens with zero attached hydrogens (tertiary/aromatic N) is 3. The second kappa shape index (κ2) is 9.04. The van der Waals surface area contributed by atoms with Gasteiger partial charge in [0.05, 0.1) is 25.5 Å². The smallest absolute Gasteiger partial charge is 0.194 e. The lowest BCUT2D eigenvalue weighted by molar-refractivity contribution is -0.193. The number of hydrogen-bond donors (Lipinski definition) is 0. The maximum absolute atomic E-state index is 6.43. The molecule has 1 aliphatic carbocycles. The van der Waals surface area contributed by atoms with E-state index in [1.807, 2.05) is 18.3 Å². The fourth-order valence-electron chi connectivity index (χ4n) is 3.81.